The van der Waals surface area contributed by atoms with E-state index in [1.165, 1.54) is 12.1 Å². The maximum absolute atomic E-state index is 12.5. The summed E-state index contributed by atoms with van der Waals surface area (Å²) in [6.45, 7) is 2.59. The second-order valence-corrected chi connectivity index (χ2v) is 7.58. The Balaban J connectivity index is 1.78. The third kappa shape index (κ3) is 3.61. The van der Waals surface area contributed by atoms with Gasteiger partial charge < -0.3 is 9.64 Å². The van der Waals surface area contributed by atoms with Crippen LogP contribution < -0.4 is 14.4 Å². The Kier molecular flexibility index (Phi) is 4.67. The molecule has 0 saturated heterocycles. The summed E-state index contributed by atoms with van der Waals surface area (Å²) in [7, 11) is -1.99. The van der Waals surface area contributed by atoms with E-state index in [2.05, 4.69) is 4.72 Å². The average Bonchev–Trinajstić information content (AvgIpc) is 2.87. The lowest BCUT2D eigenvalue weighted by atomic mass is 10.1. The van der Waals surface area contributed by atoms with Gasteiger partial charge >= 0.3 is 0 Å². The van der Waals surface area contributed by atoms with E-state index < -0.39 is 10.0 Å². The van der Waals surface area contributed by atoms with Crippen LogP contribution in [0.25, 0.3) is 0 Å². The number of hydrogen-bond donors (Lipinski definition) is 1. The first-order chi connectivity index (χ1) is 11.9. The molecule has 25 heavy (non-hydrogen) atoms. The fourth-order valence-electron chi connectivity index (χ4n) is 2.68. The Bertz CT molecular complexity index is 892. The van der Waals surface area contributed by atoms with Crippen molar-refractivity contribution in [3.05, 3.63) is 48.0 Å². The molecule has 0 unspecified atom stereocenters. The van der Waals surface area contributed by atoms with Crippen LogP contribution in [0.5, 0.6) is 5.75 Å². The summed E-state index contributed by atoms with van der Waals surface area (Å²) in [5.41, 5.74) is 2.06. The molecule has 6 nitrogen and oxygen atoms in total. The van der Waals surface area contributed by atoms with Gasteiger partial charge in [-0.3, -0.25) is 9.52 Å². The van der Waals surface area contributed by atoms with Crippen molar-refractivity contribution in [3.8, 4) is 5.75 Å². The minimum Gasteiger partial charge on any atom is -0.494 e. The van der Waals surface area contributed by atoms with Crippen molar-refractivity contribution in [2.45, 2.75) is 24.7 Å². The zero-order valence-corrected chi connectivity index (χ0v) is 15.0. The molecular formula is C18H20N2O4S. The van der Waals surface area contributed by atoms with Crippen molar-refractivity contribution < 1.29 is 17.9 Å². The summed E-state index contributed by atoms with van der Waals surface area (Å²) in [6, 6.07) is 11.4. The number of anilines is 2. The van der Waals surface area contributed by atoms with E-state index in [0.29, 0.717) is 18.0 Å². The van der Waals surface area contributed by atoms with E-state index in [-0.39, 0.29) is 17.2 Å². The Morgan fingerprint density at radius 2 is 1.88 bits per heavy atom. The highest BCUT2D eigenvalue weighted by Crippen LogP contribution is 2.30. The molecule has 2 aromatic rings. The van der Waals surface area contributed by atoms with Gasteiger partial charge in [0, 0.05) is 18.4 Å². The Labute approximate surface area is 147 Å². The quantitative estimate of drug-likeness (QED) is 0.859. The zero-order chi connectivity index (χ0) is 18.0. The summed E-state index contributed by atoms with van der Waals surface area (Å²) in [6.07, 6.45) is 1.17. The van der Waals surface area contributed by atoms with Gasteiger partial charge in [-0.25, -0.2) is 8.42 Å². The summed E-state index contributed by atoms with van der Waals surface area (Å²) >= 11 is 0. The van der Waals surface area contributed by atoms with Gasteiger partial charge in [-0.1, -0.05) is 6.92 Å². The zero-order valence-electron chi connectivity index (χ0n) is 14.2. The lowest BCUT2D eigenvalue weighted by Crippen LogP contribution is -2.20. The van der Waals surface area contributed by atoms with E-state index in [0.717, 1.165) is 17.7 Å². The smallest absolute Gasteiger partial charge is 0.261 e. The third-order valence-corrected chi connectivity index (χ3v) is 5.41. The second kappa shape index (κ2) is 6.76. The van der Waals surface area contributed by atoms with Crippen molar-refractivity contribution in [1.82, 2.24) is 0 Å². The monoisotopic (exact) mass is 360 g/mol. The van der Waals surface area contributed by atoms with Gasteiger partial charge in [0.2, 0.25) is 5.91 Å². The molecule has 0 saturated carbocycles. The van der Waals surface area contributed by atoms with Crippen molar-refractivity contribution in [2.75, 3.05) is 23.3 Å². The van der Waals surface area contributed by atoms with Crippen LogP contribution >= 0.6 is 0 Å². The molecule has 3 rings (SSSR count). The van der Waals surface area contributed by atoms with E-state index >= 15 is 0 Å². The standard InChI is InChI=1S/C18H20N2O4S/c1-3-10-24-15-5-7-16(8-6-15)25(22,23)19-14-4-9-17-13(11-14)12-18(21)20(17)2/h4-9,11,19H,3,10,12H2,1-2H3. The van der Waals surface area contributed by atoms with Crippen LogP contribution in [0.3, 0.4) is 0 Å². The highest BCUT2D eigenvalue weighted by molar-refractivity contribution is 7.92. The Morgan fingerprint density at radius 3 is 2.56 bits per heavy atom. The maximum atomic E-state index is 12.5. The first-order valence-electron chi connectivity index (χ1n) is 8.06. The van der Waals surface area contributed by atoms with Gasteiger partial charge in [0.05, 0.1) is 17.9 Å². The van der Waals surface area contributed by atoms with Crippen LogP contribution in [0.2, 0.25) is 0 Å². The van der Waals surface area contributed by atoms with Crippen molar-refractivity contribution in [1.29, 1.82) is 0 Å². The van der Waals surface area contributed by atoms with Crippen LogP contribution in [0.1, 0.15) is 18.9 Å². The molecule has 1 amide bonds. The molecule has 0 fully saturated rings. The predicted octanol–water partition coefficient (Wildman–Crippen LogP) is 2.80. The van der Waals surface area contributed by atoms with E-state index in [9.17, 15) is 13.2 Å². The molecule has 2 aromatic carbocycles. The maximum Gasteiger partial charge on any atom is 0.261 e. The average molecular weight is 360 g/mol. The molecule has 0 spiro atoms. The minimum absolute atomic E-state index is 0.00215. The first-order valence-corrected chi connectivity index (χ1v) is 9.54. The van der Waals surface area contributed by atoms with Crippen LogP contribution in [0.4, 0.5) is 11.4 Å². The molecule has 0 aliphatic carbocycles. The van der Waals surface area contributed by atoms with Gasteiger partial charge in [-0.2, -0.15) is 0 Å². The molecule has 1 aliphatic heterocycles. The molecule has 0 aromatic heterocycles. The predicted molar refractivity (Wildman–Crippen MR) is 96.6 cm³/mol. The minimum atomic E-state index is -3.70. The number of ether oxygens (including phenoxy) is 1. The van der Waals surface area contributed by atoms with Gasteiger partial charge in [-0.15, -0.1) is 0 Å². The summed E-state index contributed by atoms with van der Waals surface area (Å²) < 4.78 is 33.1. The second-order valence-electron chi connectivity index (χ2n) is 5.90. The first kappa shape index (κ1) is 17.3. The largest absolute Gasteiger partial charge is 0.494 e. The van der Waals surface area contributed by atoms with Gasteiger partial charge in [0.25, 0.3) is 10.0 Å². The number of sulfonamides is 1. The normalized spacial score (nSPS) is 13.7. The number of carbonyl (C=O) groups excluding carboxylic acids is 1. The molecule has 0 atom stereocenters. The molecular weight excluding hydrogens is 340 g/mol. The number of amides is 1. The van der Waals surface area contributed by atoms with Crippen LogP contribution in [0.15, 0.2) is 47.4 Å². The van der Waals surface area contributed by atoms with E-state index in [1.54, 1.807) is 42.3 Å². The molecule has 0 radical (unpaired) electrons. The van der Waals surface area contributed by atoms with Crippen molar-refractivity contribution in [3.63, 3.8) is 0 Å². The van der Waals surface area contributed by atoms with Gasteiger partial charge in [0.1, 0.15) is 5.75 Å². The number of carbonyl (C=O) groups is 1. The number of hydrogen-bond acceptors (Lipinski definition) is 4. The number of rotatable bonds is 6. The fraction of sp³-hybridized carbons (Fsp3) is 0.278. The number of likely N-dealkylation sites (N-methyl/N-ethyl adjacent to an activating group) is 1. The highest BCUT2D eigenvalue weighted by Gasteiger charge is 2.24. The highest BCUT2D eigenvalue weighted by atomic mass is 32.2. The molecule has 1 heterocycles. The van der Waals surface area contributed by atoms with Gasteiger partial charge in [-0.05, 0) is 54.4 Å². The third-order valence-electron chi connectivity index (χ3n) is 4.02. The summed E-state index contributed by atoms with van der Waals surface area (Å²) in [5.74, 6) is 0.637. The number of nitrogens with one attached hydrogen (secondary N) is 1. The van der Waals surface area contributed by atoms with Crippen LogP contribution in [0, 0.1) is 0 Å². The molecule has 1 N–H and O–H groups in total. The van der Waals surface area contributed by atoms with Crippen LogP contribution in [-0.4, -0.2) is 28.0 Å². The number of nitrogens with zero attached hydrogens (tertiary/aromatic N) is 1. The van der Waals surface area contributed by atoms with Crippen LogP contribution in [-0.2, 0) is 21.2 Å². The molecule has 7 heteroatoms. The fourth-order valence-corrected chi connectivity index (χ4v) is 3.73. The Morgan fingerprint density at radius 1 is 1.16 bits per heavy atom. The summed E-state index contributed by atoms with van der Waals surface area (Å²) in [4.78, 5) is 13.5. The SMILES string of the molecule is CCCOc1ccc(S(=O)(=O)Nc2ccc3c(c2)CC(=O)N3C)cc1. The molecule has 1 aliphatic rings. The van der Waals surface area contributed by atoms with E-state index in [4.69, 9.17) is 4.74 Å². The lowest BCUT2D eigenvalue weighted by Gasteiger charge is -2.12. The lowest BCUT2D eigenvalue weighted by molar-refractivity contribution is -0.117. The number of benzene rings is 2. The molecule has 132 valence electrons. The number of fused-ring (bicyclic) bond motifs is 1. The van der Waals surface area contributed by atoms with Gasteiger partial charge in [0.15, 0.2) is 0 Å². The molecule has 0 bridgehead atoms. The topological polar surface area (TPSA) is 75.7 Å². The Hall–Kier alpha value is -2.54. The van der Waals surface area contributed by atoms with E-state index in [1.807, 2.05) is 6.92 Å². The van der Waals surface area contributed by atoms with Crippen molar-refractivity contribution >= 4 is 27.3 Å². The van der Waals surface area contributed by atoms with Crippen molar-refractivity contribution in [2.24, 2.45) is 0 Å². The summed E-state index contributed by atoms with van der Waals surface area (Å²) in [5, 5.41) is 0.